The first-order valence-corrected chi connectivity index (χ1v) is 11.2. The van der Waals surface area contributed by atoms with Crippen LogP contribution in [-0.2, 0) is 4.74 Å². The van der Waals surface area contributed by atoms with Gasteiger partial charge in [-0.3, -0.25) is 0 Å². The van der Waals surface area contributed by atoms with E-state index in [1.54, 1.807) is 0 Å². The fourth-order valence-electron chi connectivity index (χ4n) is 5.87. The van der Waals surface area contributed by atoms with E-state index in [0.717, 1.165) is 13.0 Å². The van der Waals surface area contributed by atoms with Gasteiger partial charge in [0.1, 0.15) is 5.60 Å². The summed E-state index contributed by atoms with van der Waals surface area (Å²) in [7, 11) is 0. The Hall–Kier alpha value is -0.350. The average Bonchev–Trinajstić information content (AvgIpc) is 3.03. The first-order chi connectivity index (χ1) is 11.8. The summed E-state index contributed by atoms with van der Waals surface area (Å²) in [6, 6.07) is 0. The van der Waals surface area contributed by atoms with Crippen molar-refractivity contribution in [1.29, 1.82) is 0 Å². The molecular weight excluding hydrogens is 431 g/mol. The van der Waals surface area contributed by atoms with Crippen LogP contribution in [0.4, 0.5) is 0 Å². The molecule has 1 saturated heterocycles. The second kappa shape index (κ2) is 6.07. The van der Waals surface area contributed by atoms with E-state index in [1.165, 1.54) is 44.6 Å². The SMILES string of the molecule is CC1=C(C)C(C)(C)C(C2(C3=C(C)C(C)=C(C)C3(C)C)OCCC2I)=C1C. The van der Waals surface area contributed by atoms with E-state index in [2.05, 4.69) is 91.8 Å². The maximum absolute atomic E-state index is 6.85. The number of rotatable bonds is 2. The summed E-state index contributed by atoms with van der Waals surface area (Å²) in [5, 5.41) is 0. The molecule has 0 aromatic heterocycles. The number of allylic oxidation sites excluding steroid dienone is 6. The zero-order valence-corrected chi connectivity index (χ0v) is 20.4. The van der Waals surface area contributed by atoms with Gasteiger partial charge in [0.05, 0.1) is 3.92 Å². The van der Waals surface area contributed by atoms with Gasteiger partial charge in [-0.1, -0.05) is 61.4 Å². The number of ether oxygens (including phenoxy) is 1. The van der Waals surface area contributed by atoms with Crippen LogP contribution in [0.5, 0.6) is 0 Å². The molecule has 2 aliphatic carbocycles. The van der Waals surface area contributed by atoms with Gasteiger partial charge in [0.15, 0.2) is 0 Å². The normalized spacial score (nSPS) is 30.3. The smallest absolute Gasteiger partial charge is 0.125 e. The van der Waals surface area contributed by atoms with Crippen molar-refractivity contribution in [2.75, 3.05) is 6.61 Å². The van der Waals surface area contributed by atoms with E-state index < -0.39 is 0 Å². The second-order valence-corrected chi connectivity index (χ2v) is 11.1. The molecule has 0 saturated carbocycles. The molecule has 26 heavy (non-hydrogen) atoms. The van der Waals surface area contributed by atoms with Crippen molar-refractivity contribution >= 4 is 22.6 Å². The van der Waals surface area contributed by atoms with E-state index in [0.29, 0.717) is 3.92 Å². The molecule has 0 bridgehead atoms. The van der Waals surface area contributed by atoms with E-state index in [9.17, 15) is 0 Å². The topological polar surface area (TPSA) is 9.23 Å². The largest absolute Gasteiger partial charge is 0.365 e. The van der Waals surface area contributed by atoms with Crippen molar-refractivity contribution in [1.82, 2.24) is 0 Å². The lowest BCUT2D eigenvalue weighted by molar-refractivity contribution is 0.0449. The average molecular weight is 466 g/mol. The Labute approximate surface area is 174 Å². The molecule has 144 valence electrons. The molecule has 1 nitrogen and oxygen atoms in total. The van der Waals surface area contributed by atoms with Gasteiger partial charge in [0, 0.05) is 17.4 Å². The second-order valence-electron chi connectivity index (χ2n) is 9.59. The summed E-state index contributed by atoms with van der Waals surface area (Å²) in [4.78, 5) is 0. The Morgan fingerprint density at radius 3 is 1.35 bits per heavy atom. The summed E-state index contributed by atoms with van der Waals surface area (Å²) in [5.74, 6) is 0. The lowest BCUT2D eigenvalue weighted by Crippen LogP contribution is -2.48. The van der Waals surface area contributed by atoms with E-state index in [-0.39, 0.29) is 16.4 Å². The fraction of sp³-hybridized carbons (Fsp3) is 0.667. The highest BCUT2D eigenvalue weighted by molar-refractivity contribution is 14.1. The van der Waals surface area contributed by atoms with Crippen molar-refractivity contribution in [2.45, 2.75) is 85.2 Å². The van der Waals surface area contributed by atoms with Crippen molar-refractivity contribution < 1.29 is 4.74 Å². The minimum absolute atomic E-state index is 0.0374. The van der Waals surface area contributed by atoms with Gasteiger partial charge >= 0.3 is 0 Å². The summed E-state index contributed by atoms with van der Waals surface area (Å²) in [6.07, 6.45) is 1.12. The molecule has 1 atom stereocenters. The fourth-order valence-corrected chi connectivity index (χ4v) is 6.93. The third kappa shape index (κ3) is 2.30. The molecule has 0 aromatic rings. The van der Waals surface area contributed by atoms with Crippen LogP contribution in [0.1, 0.15) is 75.7 Å². The summed E-state index contributed by atoms with van der Waals surface area (Å²) >= 11 is 2.68. The third-order valence-electron chi connectivity index (χ3n) is 8.01. The van der Waals surface area contributed by atoms with E-state index >= 15 is 0 Å². The predicted molar refractivity (Wildman–Crippen MR) is 121 cm³/mol. The van der Waals surface area contributed by atoms with Gasteiger partial charge in [-0.25, -0.2) is 0 Å². The molecule has 1 unspecified atom stereocenters. The molecule has 0 amide bonds. The summed E-state index contributed by atoms with van der Waals surface area (Å²) in [6.45, 7) is 24.3. The maximum atomic E-state index is 6.85. The molecule has 1 fully saturated rings. The zero-order valence-electron chi connectivity index (χ0n) is 18.3. The van der Waals surface area contributed by atoms with Gasteiger partial charge in [0.25, 0.3) is 0 Å². The zero-order chi connectivity index (χ0) is 19.8. The first-order valence-electron chi connectivity index (χ1n) is 9.91. The molecule has 0 radical (unpaired) electrons. The van der Waals surface area contributed by atoms with Crippen LogP contribution in [0.2, 0.25) is 0 Å². The summed E-state index contributed by atoms with van der Waals surface area (Å²) in [5.41, 5.74) is 11.6. The van der Waals surface area contributed by atoms with Crippen molar-refractivity contribution in [2.24, 2.45) is 10.8 Å². The van der Waals surface area contributed by atoms with Crippen LogP contribution in [0.15, 0.2) is 44.6 Å². The minimum atomic E-state index is -0.292. The predicted octanol–water partition coefficient (Wildman–Crippen LogP) is 7.33. The highest BCUT2D eigenvalue weighted by atomic mass is 127. The lowest BCUT2D eigenvalue weighted by atomic mass is 9.63. The lowest BCUT2D eigenvalue weighted by Gasteiger charge is -2.47. The number of hydrogen-bond donors (Lipinski definition) is 0. The van der Waals surface area contributed by atoms with Gasteiger partial charge in [-0.2, -0.15) is 0 Å². The van der Waals surface area contributed by atoms with E-state index in [1.807, 2.05) is 0 Å². The highest BCUT2D eigenvalue weighted by Gasteiger charge is 2.60. The molecule has 1 aliphatic heterocycles. The molecular formula is C24H35IO. The summed E-state index contributed by atoms with van der Waals surface area (Å²) < 4.78 is 7.31. The van der Waals surface area contributed by atoms with Gasteiger partial charge < -0.3 is 4.74 Å². The van der Waals surface area contributed by atoms with Crippen LogP contribution in [0.25, 0.3) is 0 Å². The van der Waals surface area contributed by atoms with Crippen LogP contribution in [-0.4, -0.2) is 16.1 Å². The van der Waals surface area contributed by atoms with E-state index in [4.69, 9.17) is 4.74 Å². The monoisotopic (exact) mass is 466 g/mol. The third-order valence-corrected chi connectivity index (χ3v) is 9.51. The van der Waals surface area contributed by atoms with Crippen molar-refractivity contribution in [3.63, 3.8) is 0 Å². The molecule has 0 spiro atoms. The minimum Gasteiger partial charge on any atom is -0.365 e. The highest BCUT2D eigenvalue weighted by Crippen LogP contribution is 2.63. The molecule has 3 rings (SSSR count). The number of hydrogen-bond acceptors (Lipinski definition) is 1. The quantitative estimate of drug-likeness (QED) is 0.306. The molecule has 3 aliphatic rings. The number of halogens is 1. The Kier molecular flexibility index (Phi) is 4.76. The van der Waals surface area contributed by atoms with Crippen LogP contribution in [0, 0.1) is 10.8 Å². The Morgan fingerprint density at radius 1 is 0.731 bits per heavy atom. The molecule has 1 heterocycles. The van der Waals surface area contributed by atoms with Gasteiger partial charge in [-0.15, -0.1) is 0 Å². The Balaban J connectivity index is 2.35. The molecule has 2 heteroatoms. The van der Waals surface area contributed by atoms with Crippen LogP contribution < -0.4 is 0 Å². The van der Waals surface area contributed by atoms with Crippen LogP contribution >= 0.6 is 22.6 Å². The Morgan fingerprint density at radius 2 is 1.12 bits per heavy atom. The molecule has 0 aromatic carbocycles. The first kappa shape index (κ1) is 20.4. The standard InChI is InChI=1S/C24H35IO/c1-13-15(3)20(22(7,8)17(13)5)24(19(25)11-12-26-24)21-16(4)14(2)18(6)23(21,9)10/h19H,11-12H2,1-10H3. The number of alkyl halides is 1. The maximum Gasteiger partial charge on any atom is 0.125 e. The van der Waals surface area contributed by atoms with Crippen molar-refractivity contribution in [3.8, 4) is 0 Å². The van der Waals surface area contributed by atoms with Gasteiger partial charge in [0.2, 0.25) is 0 Å². The molecule has 0 N–H and O–H groups in total. The van der Waals surface area contributed by atoms with Crippen LogP contribution in [0.3, 0.4) is 0 Å². The van der Waals surface area contributed by atoms with Crippen molar-refractivity contribution in [3.05, 3.63) is 44.6 Å². The Bertz CT molecular complexity index is 740. The van der Waals surface area contributed by atoms with Gasteiger partial charge in [-0.05, 0) is 81.4 Å².